The highest BCUT2D eigenvalue weighted by Crippen LogP contribution is 2.45. The molecule has 0 atom stereocenters. The third kappa shape index (κ3) is 3.06. The molecule has 1 amide bonds. The van der Waals surface area contributed by atoms with E-state index in [9.17, 15) is 4.79 Å². The van der Waals surface area contributed by atoms with Crippen molar-refractivity contribution in [1.29, 1.82) is 0 Å². The third-order valence-electron chi connectivity index (χ3n) is 5.56. The first-order valence-electron chi connectivity index (χ1n) is 9.18. The fraction of sp³-hybridized carbons (Fsp3) is 0.500. The van der Waals surface area contributed by atoms with Crippen molar-refractivity contribution in [2.24, 2.45) is 0 Å². The second kappa shape index (κ2) is 6.88. The first kappa shape index (κ1) is 17.9. The summed E-state index contributed by atoms with van der Waals surface area (Å²) in [7, 11) is 3.29. The summed E-state index contributed by atoms with van der Waals surface area (Å²) in [6, 6.07) is 5.76. The molecule has 0 bridgehead atoms. The smallest absolute Gasteiger partial charge is 0.276 e. The topological polar surface area (TPSA) is 74.0 Å². The number of carbonyl (C=O) groups excluding carboxylic acids is 1. The number of hydrogen-bond acceptors (Lipinski definition) is 6. The molecule has 0 unspecified atom stereocenters. The number of ether oxygens (including phenoxy) is 3. The van der Waals surface area contributed by atoms with Gasteiger partial charge in [-0.2, -0.15) is 0 Å². The summed E-state index contributed by atoms with van der Waals surface area (Å²) in [4.78, 5) is 14.5. The van der Waals surface area contributed by atoms with Crippen molar-refractivity contribution in [3.63, 3.8) is 0 Å². The van der Waals surface area contributed by atoms with Crippen LogP contribution >= 0.6 is 0 Å². The third-order valence-corrected chi connectivity index (χ3v) is 5.56. The van der Waals surface area contributed by atoms with E-state index in [1.807, 2.05) is 17.0 Å². The molecule has 0 radical (unpaired) electrons. The molecule has 1 aromatic heterocycles. The molecular weight excluding hydrogens is 348 g/mol. The molecule has 3 heterocycles. The van der Waals surface area contributed by atoms with Gasteiger partial charge in [0.1, 0.15) is 5.76 Å². The Labute approximate surface area is 158 Å². The Morgan fingerprint density at radius 3 is 2.48 bits per heavy atom. The average molecular weight is 372 g/mol. The zero-order chi connectivity index (χ0) is 19.0. The van der Waals surface area contributed by atoms with Gasteiger partial charge in [0.05, 0.1) is 26.4 Å². The SMILES string of the molecule is COc1cc2c(cc1OC)C1(CCN(C(=O)c3cc(C)on3)CC1)OCC2. The lowest BCUT2D eigenvalue weighted by Crippen LogP contribution is -2.48. The van der Waals surface area contributed by atoms with Gasteiger partial charge in [-0.3, -0.25) is 4.79 Å². The Bertz CT molecular complexity index is 852. The van der Waals surface area contributed by atoms with Crippen LogP contribution in [0.15, 0.2) is 22.7 Å². The highest BCUT2D eigenvalue weighted by Gasteiger charge is 2.42. The van der Waals surface area contributed by atoms with E-state index < -0.39 is 0 Å². The van der Waals surface area contributed by atoms with Crippen LogP contribution in [0.3, 0.4) is 0 Å². The van der Waals surface area contributed by atoms with E-state index in [4.69, 9.17) is 18.7 Å². The maximum absolute atomic E-state index is 12.6. The molecule has 2 aliphatic heterocycles. The van der Waals surface area contributed by atoms with Crippen molar-refractivity contribution in [3.8, 4) is 11.5 Å². The Hall–Kier alpha value is -2.54. The average Bonchev–Trinajstić information content (AvgIpc) is 3.14. The molecule has 4 rings (SSSR count). The van der Waals surface area contributed by atoms with Gasteiger partial charge in [-0.15, -0.1) is 0 Å². The summed E-state index contributed by atoms with van der Waals surface area (Å²) in [6.07, 6.45) is 2.31. The van der Waals surface area contributed by atoms with Crippen LogP contribution in [-0.4, -0.2) is 49.9 Å². The second-order valence-electron chi connectivity index (χ2n) is 7.07. The van der Waals surface area contributed by atoms with Gasteiger partial charge in [-0.05, 0) is 49.4 Å². The normalized spacial score (nSPS) is 18.3. The molecule has 1 fully saturated rings. The fourth-order valence-electron chi connectivity index (χ4n) is 4.10. The van der Waals surface area contributed by atoms with Crippen LogP contribution in [-0.2, 0) is 16.8 Å². The minimum Gasteiger partial charge on any atom is -0.493 e. The number of rotatable bonds is 3. The van der Waals surface area contributed by atoms with Crippen LogP contribution in [0.1, 0.15) is 40.2 Å². The number of fused-ring (bicyclic) bond motifs is 2. The van der Waals surface area contributed by atoms with Crippen LogP contribution in [0.25, 0.3) is 0 Å². The van der Waals surface area contributed by atoms with Gasteiger partial charge in [0, 0.05) is 19.2 Å². The summed E-state index contributed by atoms with van der Waals surface area (Å²) in [5, 5.41) is 3.84. The molecule has 0 saturated carbocycles. The summed E-state index contributed by atoms with van der Waals surface area (Å²) >= 11 is 0. The van der Waals surface area contributed by atoms with Gasteiger partial charge in [-0.25, -0.2) is 0 Å². The van der Waals surface area contributed by atoms with Gasteiger partial charge >= 0.3 is 0 Å². The lowest BCUT2D eigenvalue weighted by Gasteiger charge is -2.45. The number of likely N-dealkylation sites (tertiary alicyclic amines) is 1. The first-order valence-corrected chi connectivity index (χ1v) is 9.18. The number of piperidine rings is 1. The summed E-state index contributed by atoms with van der Waals surface area (Å²) in [5.74, 6) is 1.99. The van der Waals surface area contributed by atoms with E-state index in [0.717, 1.165) is 30.6 Å². The van der Waals surface area contributed by atoms with Crippen molar-refractivity contribution < 1.29 is 23.5 Å². The summed E-state index contributed by atoms with van der Waals surface area (Å²) in [6.45, 7) is 3.67. The fourth-order valence-corrected chi connectivity index (χ4v) is 4.10. The van der Waals surface area contributed by atoms with E-state index in [0.29, 0.717) is 36.9 Å². The molecule has 2 aliphatic rings. The van der Waals surface area contributed by atoms with Crippen LogP contribution in [0.2, 0.25) is 0 Å². The van der Waals surface area contributed by atoms with Gasteiger partial charge < -0.3 is 23.6 Å². The molecule has 2 aromatic rings. The van der Waals surface area contributed by atoms with E-state index in [-0.39, 0.29) is 11.5 Å². The first-order chi connectivity index (χ1) is 13.1. The molecule has 144 valence electrons. The highest BCUT2D eigenvalue weighted by molar-refractivity contribution is 5.92. The number of aromatic nitrogens is 1. The lowest BCUT2D eigenvalue weighted by atomic mass is 9.79. The lowest BCUT2D eigenvalue weighted by molar-refractivity contribution is -0.0937. The zero-order valence-electron chi connectivity index (χ0n) is 15.9. The number of carbonyl (C=O) groups is 1. The van der Waals surface area contributed by atoms with Crippen molar-refractivity contribution >= 4 is 5.91 Å². The molecule has 1 spiro atoms. The molecule has 27 heavy (non-hydrogen) atoms. The Balaban J connectivity index is 1.57. The van der Waals surface area contributed by atoms with Gasteiger partial charge in [0.25, 0.3) is 5.91 Å². The minimum absolute atomic E-state index is 0.0926. The Morgan fingerprint density at radius 1 is 1.15 bits per heavy atom. The van der Waals surface area contributed by atoms with E-state index in [1.54, 1.807) is 27.2 Å². The maximum atomic E-state index is 12.6. The molecule has 0 aliphatic carbocycles. The second-order valence-corrected chi connectivity index (χ2v) is 7.07. The van der Waals surface area contributed by atoms with Crippen LogP contribution in [0.5, 0.6) is 11.5 Å². The summed E-state index contributed by atoms with van der Waals surface area (Å²) in [5.41, 5.74) is 2.35. The van der Waals surface area contributed by atoms with Crippen LogP contribution in [0, 0.1) is 6.92 Å². The number of benzene rings is 1. The monoisotopic (exact) mass is 372 g/mol. The molecular formula is C20H24N2O5. The van der Waals surface area contributed by atoms with Crippen molar-refractivity contribution in [1.82, 2.24) is 10.1 Å². The minimum atomic E-state index is -0.385. The number of methoxy groups -OCH3 is 2. The number of hydrogen-bond donors (Lipinski definition) is 0. The van der Waals surface area contributed by atoms with E-state index in [2.05, 4.69) is 5.16 Å². The molecule has 1 aromatic carbocycles. The van der Waals surface area contributed by atoms with Crippen LogP contribution < -0.4 is 9.47 Å². The van der Waals surface area contributed by atoms with Crippen molar-refractivity contribution in [3.05, 3.63) is 40.8 Å². The predicted octanol–water partition coefficient (Wildman–Crippen LogP) is 2.70. The number of nitrogens with zero attached hydrogens (tertiary/aromatic N) is 2. The zero-order valence-corrected chi connectivity index (χ0v) is 15.9. The molecule has 0 N–H and O–H groups in total. The molecule has 1 saturated heterocycles. The Kier molecular flexibility index (Phi) is 4.55. The van der Waals surface area contributed by atoms with Gasteiger partial charge in [0.15, 0.2) is 17.2 Å². The largest absolute Gasteiger partial charge is 0.493 e. The summed E-state index contributed by atoms with van der Waals surface area (Å²) < 4.78 is 22.2. The van der Waals surface area contributed by atoms with E-state index in [1.165, 1.54) is 5.56 Å². The van der Waals surface area contributed by atoms with Crippen LogP contribution in [0.4, 0.5) is 0 Å². The quantitative estimate of drug-likeness (QED) is 0.825. The number of aryl methyl sites for hydroxylation is 1. The highest BCUT2D eigenvalue weighted by atomic mass is 16.5. The van der Waals surface area contributed by atoms with Crippen molar-refractivity contribution in [2.45, 2.75) is 31.8 Å². The van der Waals surface area contributed by atoms with E-state index >= 15 is 0 Å². The van der Waals surface area contributed by atoms with Crippen molar-refractivity contribution in [2.75, 3.05) is 33.9 Å². The Morgan fingerprint density at radius 2 is 1.85 bits per heavy atom. The molecule has 7 nitrogen and oxygen atoms in total. The standard InChI is InChI=1S/C20H24N2O5/c1-13-10-16(21-27-13)19(23)22-7-5-20(6-8-22)15-12-18(25-3)17(24-2)11-14(15)4-9-26-20/h10-12H,4-9H2,1-3H3. The maximum Gasteiger partial charge on any atom is 0.276 e. The molecule has 7 heteroatoms. The van der Waals surface area contributed by atoms with Gasteiger partial charge in [-0.1, -0.05) is 5.16 Å². The van der Waals surface area contributed by atoms with Gasteiger partial charge in [0.2, 0.25) is 0 Å². The number of amides is 1. The predicted molar refractivity (Wildman–Crippen MR) is 97.3 cm³/mol.